The molecule has 288 valence electrons. The third kappa shape index (κ3) is 17.7. The van der Waals surface area contributed by atoms with Gasteiger partial charge in [0, 0.05) is 18.5 Å². The van der Waals surface area contributed by atoms with Gasteiger partial charge in [0.25, 0.3) is 0 Å². The second-order valence-corrected chi connectivity index (χ2v) is 14.6. The second kappa shape index (κ2) is 25.3. The normalized spacial score (nSPS) is 13.4. The fourth-order valence-electron chi connectivity index (χ4n) is 5.38. The molecule has 0 aliphatic heterocycles. The largest absolute Gasteiger partial charge is 0.504 e. The molecule has 5 N–H and O–H groups in total. The van der Waals surface area contributed by atoms with Crippen molar-refractivity contribution in [1.82, 2.24) is 16.0 Å². The molecular weight excluding hydrogens is 698 g/mol. The SMILES string of the molecule is CSCC[C@H](NC(=O)[C@H](Cc1ccccc1)NC(=O)[C@@H](NCc1cccc(OC/C=C(\C)CC/C=C(\C)CCC=C(C)C)c1O)C(C)C)C(=O)O.Cl. The third-order valence-corrected chi connectivity index (χ3v) is 9.12. The van der Waals surface area contributed by atoms with Crippen molar-refractivity contribution < 1.29 is 29.3 Å². The Morgan fingerprint density at radius 1 is 0.846 bits per heavy atom. The van der Waals surface area contributed by atoms with Crippen LogP contribution in [-0.2, 0) is 27.3 Å². The highest BCUT2D eigenvalue weighted by Gasteiger charge is 2.30. The van der Waals surface area contributed by atoms with Crippen LogP contribution in [0.4, 0.5) is 0 Å². The first-order valence-corrected chi connectivity index (χ1v) is 19.2. The molecule has 0 heterocycles. The van der Waals surface area contributed by atoms with Gasteiger partial charge in [-0.3, -0.25) is 9.59 Å². The minimum Gasteiger partial charge on any atom is -0.504 e. The molecule has 11 heteroatoms. The molecule has 0 aliphatic rings. The van der Waals surface area contributed by atoms with Crippen LogP contribution >= 0.6 is 24.2 Å². The predicted octanol–water partition coefficient (Wildman–Crippen LogP) is 7.78. The van der Waals surface area contributed by atoms with Crippen molar-refractivity contribution >= 4 is 42.0 Å². The Kier molecular flexibility index (Phi) is 22.5. The number of ether oxygens (including phenoxy) is 1. The lowest BCUT2D eigenvalue weighted by Crippen LogP contribution is -2.56. The molecule has 0 aliphatic carbocycles. The predicted molar refractivity (Wildman–Crippen MR) is 216 cm³/mol. The van der Waals surface area contributed by atoms with E-state index in [9.17, 15) is 24.6 Å². The minimum atomic E-state index is -1.12. The number of rotatable bonds is 23. The summed E-state index contributed by atoms with van der Waals surface area (Å²) < 4.78 is 5.92. The molecule has 52 heavy (non-hydrogen) atoms. The highest BCUT2D eigenvalue weighted by atomic mass is 35.5. The van der Waals surface area contributed by atoms with Gasteiger partial charge in [-0.1, -0.05) is 85.2 Å². The zero-order valence-electron chi connectivity index (χ0n) is 31.9. The molecule has 0 spiro atoms. The number of carbonyl (C=O) groups excluding carboxylic acids is 2. The van der Waals surface area contributed by atoms with Crippen molar-refractivity contribution in [2.45, 2.75) is 105 Å². The summed E-state index contributed by atoms with van der Waals surface area (Å²) in [7, 11) is 0. The number of aliphatic carboxylic acids is 1. The lowest BCUT2D eigenvalue weighted by Gasteiger charge is -2.26. The molecule has 2 aromatic rings. The summed E-state index contributed by atoms with van der Waals surface area (Å²) in [5.74, 6) is -1.32. The highest BCUT2D eigenvalue weighted by Crippen LogP contribution is 2.30. The molecule has 0 aromatic heterocycles. The quantitative estimate of drug-likeness (QED) is 0.0726. The minimum absolute atomic E-state index is 0. The first-order chi connectivity index (χ1) is 24.3. The zero-order chi connectivity index (χ0) is 37.8. The van der Waals surface area contributed by atoms with E-state index in [4.69, 9.17) is 4.74 Å². The van der Waals surface area contributed by atoms with Crippen LogP contribution in [0.25, 0.3) is 0 Å². The van der Waals surface area contributed by atoms with Crippen molar-refractivity contribution in [3.63, 3.8) is 0 Å². The smallest absolute Gasteiger partial charge is 0.326 e. The van der Waals surface area contributed by atoms with Gasteiger partial charge in [0.1, 0.15) is 18.7 Å². The number of hydrogen-bond acceptors (Lipinski definition) is 7. The summed E-state index contributed by atoms with van der Waals surface area (Å²) >= 11 is 1.49. The molecule has 0 radical (unpaired) electrons. The van der Waals surface area contributed by atoms with E-state index < -0.39 is 35.9 Å². The number of nitrogens with one attached hydrogen (secondary N) is 3. The number of allylic oxidation sites excluding steroid dienone is 5. The summed E-state index contributed by atoms with van der Waals surface area (Å²) in [6.07, 6.45) is 13.0. The number of hydrogen-bond donors (Lipinski definition) is 5. The first kappa shape index (κ1) is 46.3. The lowest BCUT2D eigenvalue weighted by atomic mass is 10.00. The van der Waals surface area contributed by atoms with Crippen LogP contribution in [-0.4, -0.2) is 64.7 Å². The van der Waals surface area contributed by atoms with Crippen LogP contribution in [0.15, 0.2) is 83.5 Å². The van der Waals surface area contributed by atoms with E-state index in [0.717, 1.165) is 31.2 Å². The summed E-state index contributed by atoms with van der Waals surface area (Å²) in [4.78, 5) is 38.9. The number of aromatic hydroxyl groups is 1. The van der Waals surface area contributed by atoms with Crippen LogP contribution in [0.2, 0.25) is 0 Å². The Balaban J connectivity index is 0.0000135. The standard InChI is InChI=1S/C41H59N3O6S.ClH/c1-28(2)14-11-15-30(5)16-12-17-31(6)22-24-50-36-21-13-20-33(38(36)45)27-42-37(29(3)4)40(47)44-35(26-32-18-9-8-10-19-32)39(46)43-34(41(48)49)23-25-51-7;/h8-10,13-14,16,18-22,29,34-35,37,42,45H,11-12,15,17,23-27H2,1-7H3,(H,43,46)(H,44,47)(H,48,49);1H/b30-16+,31-22+;/t34-,35-,37-;/m0./s1. The number of thioether (sulfide) groups is 1. The fraction of sp³-hybridized carbons (Fsp3) is 0.488. The van der Waals surface area contributed by atoms with E-state index in [1.165, 1.54) is 28.5 Å². The Bertz CT molecular complexity index is 1490. The number of carboxylic acids is 1. The topological polar surface area (TPSA) is 137 Å². The molecule has 9 nitrogen and oxygen atoms in total. The van der Waals surface area contributed by atoms with E-state index >= 15 is 0 Å². The van der Waals surface area contributed by atoms with E-state index in [0.29, 0.717) is 23.7 Å². The lowest BCUT2D eigenvalue weighted by molar-refractivity contribution is -0.142. The van der Waals surface area contributed by atoms with E-state index in [1.54, 1.807) is 18.2 Å². The number of phenolic OH excluding ortho intramolecular Hbond substituents is 1. The molecule has 0 saturated heterocycles. The molecular formula is C41H60ClN3O6S. The van der Waals surface area contributed by atoms with Gasteiger partial charge in [-0.05, 0) is 95.4 Å². The van der Waals surface area contributed by atoms with Gasteiger partial charge >= 0.3 is 5.97 Å². The maximum atomic E-state index is 13.7. The average Bonchev–Trinajstić information content (AvgIpc) is 3.07. The second-order valence-electron chi connectivity index (χ2n) is 13.6. The van der Waals surface area contributed by atoms with Gasteiger partial charge in [0.05, 0.1) is 6.04 Å². The van der Waals surface area contributed by atoms with Crippen LogP contribution in [0, 0.1) is 5.92 Å². The molecule has 0 bridgehead atoms. The number of phenols is 1. The van der Waals surface area contributed by atoms with Crippen LogP contribution < -0.4 is 20.7 Å². The summed E-state index contributed by atoms with van der Waals surface area (Å²) in [5, 5.41) is 29.4. The number of benzene rings is 2. The highest BCUT2D eigenvalue weighted by molar-refractivity contribution is 7.98. The van der Waals surface area contributed by atoms with Crippen molar-refractivity contribution in [2.75, 3.05) is 18.6 Å². The Labute approximate surface area is 321 Å². The number of carboxylic acid groups (broad SMARTS) is 1. The number of amides is 2. The van der Waals surface area contributed by atoms with E-state index in [-0.39, 0.29) is 43.5 Å². The molecule has 0 unspecified atom stereocenters. The van der Waals surface area contributed by atoms with Crippen LogP contribution in [0.5, 0.6) is 11.5 Å². The Morgan fingerprint density at radius 2 is 1.48 bits per heavy atom. The molecule has 3 atom stereocenters. The van der Waals surface area contributed by atoms with Gasteiger partial charge in [-0.15, -0.1) is 12.4 Å². The van der Waals surface area contributed by atoms with Crippen molar-refractivity contribution in [2.24, 2.45) is 5.92 Å². The van der Waals surface area contributed by atoms with Crippen molar-refractivity contribution in [3.8, 4) is 11.5 Å². The number of para-hydroxylation sites is 1. The number of carbonyl (C=O) groups is 3. The molecule has 0 fully saturated rings. The zero-order valence-corrected chi connectivity index (χ0v) is 33.5. The van der Waals surface area contributed by atoms with Gasteiger partial charge in [-0.2, -0.15) is 11.8 Å². The van der Waals surface area contributed by atoms with Crippen LogP contribution in [0.3, 0.4) is 0 Å². The maximum Gasteiger partial charge on any atom is 0.326 e. The van der Waals surface area contributed by atoms with Crippen molar-refractivity contribution in [1.29, 1.82) is 0 Å². The Hall–Kier alpha value is -3.73. The van der Waals surface area contributed by atoms with Crippen LogP contribution in [0.1, 0.15) is 84.8 Å². The summed E-state index contributed by atoms with van der Waals surface area (Å²) in [6.45, 7) is 12.8. The fourth-order valence-corrected chi connectivity index (χ4v) is 5.85. The molecule has 2 amide bonds. The van der Waals surface area contributed by atoms with Gasteiger partial charge < -0.3 is 30.9 Å². The van der Waals surface area contributed by atoms with Crippen molar-refractivity contribution in [3.05, 3.63) is 94.6 Å². The average molecular weight is 758 g/mol. The third-order valence-electron chi connectivity index (χ3n) is 8.48. The van der Waals surface area contributed by atoms with Gasteiger partial charge in [0.2, 0.25) is 11.8 Å². The van der Waals surface area contributed by atoms with E-state index in [1.807, 2.05) is 56.5 Å². The van der Waals surface area contributed by atoms with E-state index in [2.05, 4.69) is 55.8 Å². The maximum absolute atomic E-state index is 13.7. The molecule has 2 rings (SSSR count). The number of halogens is 1. The molecule has 2 aromatic carbocycles. The summed E-state index contributed by atoms with van der Waals surface area (Å²) in [5.41, 5.74) is 5.35. The summed E-state index contributed by atoms with van der Waals surface area (Å²) in [6, 6.07) is 11.8. The molecule has 0 saturated carbocycles. The van der Waals surface area contributed by atoms with Gasteiger partial charge in [-0.25, -0.2) is 4.79 Å². The Morgan fingerprint density at radius 3 is 2.10 bits per heavy atom. The first-order valence-electron chi connectivity index (χ1n) is 17.8. The monoisotopic (exact) mass is 757 g/mol. The van der Waals surface area contributed by atoms with Gasteiger partial charge in [0.15, 0.2) is 11.5 Å².